The first-order valence-corrected chi connectivity index (χ1v) is 16.7. The fourth-order valence-corrected chi connectivity index (χ4v) is 7.67. The van der Waals surface area contributed by atoms with Gasteiger partial charge < -0.3 is 14.7 Å². The second kappa shape index (κ2) is 14.0. The molecule has 11 heteroatoms. The average Bonchev–Trinajstić information content (AvgIpc) is 3.56. The monoisotopic (exact) mass is 658 g/mol. The van der Waals surface area contributed by atoms with Crippen molar-refractivity contribution < 1.29 is 18.0 Å². The quantitative estimate of drug-likeness (QED) is 0.366. The lowest BCUT2D eigenvalue weighted by molar-refractivity contribution is -0.139. The fraction of sp³-hybridized carbons (Fsp3) is 0.424. The molecule has 3 aliphatic heterocycles. The lowest BCUT2D eigenvalue weighted by atomic mass is 9.76. The van der Waals surface area contributed by atoms with Crippen LogP contribution >= 0.6 is 24.8 Å². The highest BCUT2D eigenvalue weighted by Crippen LogP contribution is 2.43. The molecule has 2 atom stereocenters. The zero-order valence-electron chi connectivity index (χ0n) is 24.9. The van der Waals surface area contributed by atoms with Crippen molar-refractivity contribution in [3.05, 3.63) is 95.8 Å². The van der Waals surface area contributed by atoms with E-state index in [1.165, 1.54) is 11.8 Å². The first kappa shape index (κ1) is 33.9. The van der Waals surface area contributed by atoms with Crippen LogP contribution in [-0.4, -0.2) is 85.4 Å². The smallest absolute Gasteiger partial charge is 0.255 e. The van der Waals surface area contributed by atoms with Gasteiger partial charge in [0.15, 0.2) is 9.84 Å². The van der Waals surface area contributed by atoms with E-state index >= 15 is 0 Å². The molecule has 3 saturated heterocycles. The van der Waals surface area contributed by atoms with Gasteiger partial charge in [0.2, 0.25) is 5.91 Å². The summed E-state index contributed by atoms with van der Waals surface area (Å²) in [5.74, 6) is 0.838. The Bertz CT molecular complexity index is 1530. The Morgan fingerprint density at radius 1 is 0.909 bits per heavy atom. The Hall–Kier alpha value is -2.98. The van der Waals surface area contributed by atoms with Crippen LogP contribution in [-0.2, 0) is 21.2 Å². The number of carbonyl (C=O) groups excluding carboxylic acids is 2. The summed E-state index contributed by atoms with van der Waals surface area (Å²) < 4.78 is 23.6. The van der Waals surface area contributed by atoms with Crippen LogP contribution in [0.1, 0.15) is 46.7 Å². The summed E-state index contributed by atoms with van der Waals surface area (Å²) in [6, 6.07) is 21.0. The molecule has 0 bridgehead atoms. The van der Waals surface area contributed by atoms with Crippen molar-refractivity contribution in [2.75, 3.05) is 45.5 Å². The van der Waals surface area contributed by atoms with E-state index in [9.17, 15) is 18.0 Å². The molecule has 2 amide bonds. The van der Waals surface area contributed by atoms with Gasteiger partial charge >= 0.3 is 0 Å². The van der Waals surface area contributed by atoms with Crippen LogP contribution in [0.15, 0.2) is 84.0 Å². The number of nitrogens with zero attached hydrogens (tertiary/aromatic N) is 4. The van der Waals surface area contributed by atoms with Crippen LogP contribution in [0.5, 0.6) is 0 Å². The van der Waals surface area contributed by atoms with E-state index in [2.05, 4.69) is 34.1 Å². The van der Waals surface area contributed by atoms with Crippen LogP contribution in [0.25, 0.3) is 0 Å². The van der Waals surface area contributed by atoms with Gasteiger partial charge in [-0.2, -0.15) is 0 Å². The summed E-state index contributed by atoms with van der Waals surface area (Å²) in [5, 5.41) is 0. The second-order valence-corrected chi connectivity index (χ2v) is 14.2. The number of pyridine rings is 1. The number of likely N-dealkylation sites (tertiary alicyclic amines) is 3. The number of carbonyl (C=O) groups is 2. The van der Waals surface area contributed by atoms with Crippen molar-refractivity contribution in [2.24, 2.45) is 11.3 Å². The van der Waals surface area contributed by atoms with E-state index in [0.29, 0.717) is 36.0 Å². The van der Waals surface area contributed by atoms with E-state index < -0.39 is 9.84 Å². The molecule has 6 rings (SSSR count). The summed E-state index contributed by atoms with van der Waals surface area (Å²) in [6.07, 6.45) is 7.09. The minimum Gasteiger partial charge on any atom is -0.338 e. The number of benzene rings is 2. The predicted octanol–water partition coefficient (Wildman–Crippen LogP) is 4.70. The molecule has 3 aliphatic rings. The summed E-state index contributed by atoms with van der Waals surface area (Å²) in [5.41, 5.74) is 2.54. The molecular weight excluding hydrogens is 619 g/mol. The van der Waals surface area contributed by atoms with Crippen molar-refractivity contribution in [1.82, 2.24) is 19.7 Å². The van der Waals surface area contributed by atoms with E-state index in [1.807, 2.05) is 34.1 Å². The van der Waals surface area contributed by atoms with Gasteiger partial charge in [0.25, 0.3) is 5.91 Å². The van der Waals surface area contributed by atoms with E-state index in [0.717, 1.165) is 51.0 Å². The van der Waals surface area contributed by atoms with Gasteiger partial charge in [-0.25, -0.2) is 8.42 Å². The maximum Gasteiger partial charge on any atom is 0.255 e. The molecule has 2 aromatic carbocycles. The molecule has 0 N–H and O–H groups in total. The van der Waals surface area contributed by atoms with Crippen molar-refractivity contribution in [3.63, 3.8) is 0 Å². The summed E-state index contributed by atoms with van der Waals surface area (Å²) >= 11 is 0. The molecule has 8 nitrogen and oxygen atoms in total. The molecule has 236 valence electrons. The van der Waals surface area contributed by atoms with Gasteiger partial charge in [0.1, 0.15) is 0 Å². The zero-order valence-corrected chi connectivity index (χ0v) is 27.3. The Balaban J connectivity index is 0.00000221. The Morgan fingerprint density at radius 2 is 1.59 bits per heavy atom. The minimum absolute atomic E-state index is 0. The Morgan fingerprint density at radius 3 is 2.23 bits per heavy atom. The number of aromatic nitrogens is 1. The SMILES string of the molecule is CS(=O)(=O)c1ccc(CN2CCC3(CCN(CC4CN(C(=O)c5cccnc5)CC4c4ccccc4)CC3)C2=O)cc1.Cl.Cl. The average molecular weight is 660 g/mol. The van der Waals surface area contributed by atoms with Crippen LogP contribution in [0, 0.1) is 11.3 Å². The first-order chi connectivity index (χ1) is 20.2. The van der Waals surface area contributed by atoms with E-state index in [4.69, 9.17) is 0 Å². The molecule has 1 aromatic heterocycles. The first-order valence-electron chi connectivity index (χ1n) is 14.8. The highest BCUT2D eigenvalue weighted by molar-refractivity contribution is 7.90. The maximum atomic E-state index is 13.6. The summed E-state index contributed by atoms with van der Waals surface area (Å²) in [4.78, 5) is 37.8. The molecule has 1 spiro atoms. The lowest BCUT2D eigenvalue weighted by Crippen LogP contribution is -2.46. The zero-order chi connectivity index (χ0) is 29.3. The highest BCUT2D eigenvalue weighted by atomic mass is 35.5. The standard InChI is InChI=1S/C33H38N4O4S.2ClH/c1-42(40,41)29-11-9-25(10-12-29)21-36-19-15-33(32(36)39)13-17-35(18-14-33)22-28-23-37(31(38)27-8-5-16-34-20-27)24-30(28)26-6-3-2-4-7-26;;/h2-12,16,20,28,30H,13-15,17-19,21-24H2,1H3;2*1H. The number of hydrogen-bond acceptors (Lipinski definition) is 6. The number of halogens is 2. The molecule has 3 fully saturated rings. The maximum absolute atomic E-state index is 13.6. The largest absolute Gasteiger partial charge is 0.338 e. The third-order valence-corrected chi connectivity index (χ3v) is 10.6. The van der Waals surface area contributed by atoms with Gasteiger partial charge in [-0.1, -0.05) is 42.5 Å². The summed E-state index contributed by atoms with van der Waals surface area (Å²) in [7, 11) is -3.24. The van der Waals surface area contributed by atoms with Crippen LogP contribution < -0.4 is 0 Å². The predicted molar refractivity (Wildman–Crippen MR) is 175 cm³/mol. The number of rotatable bonds is 7. The molecular formula is C33H40Cl2N4O4S. The summed E-state index contributed by atoms with van der Waals surface area (Å²) in [6.45, 7) is 5.29. The number of piperidine rings is 1. The fourth-order valence-electron chi connectivity index (χ4n) is 7.04. The van der Waals surface area contributed by atoms with E-state index in [1.54, 1.807) is 30.6 Å². The van der Waals surface area contributed by atoms with Gasteiger partial charge in [-0.15, -0.1) is 24.8 Å². The molecule has 44 heavy (non-hydrogen) atoms. The number of sulfone groups is 1. The third kappa shape index (κ3) is 7.12. The molecule has 4 heterocycles. The normalized spacial score (nSPS) is 21.6. The van der Waals surface area contributed by atoms with Gasteiger partial charge in [-0.3, -0.25) is 14.6 Å². The second-order valence-electron chi connectivity index (χ2n) is 12.2. The van der Waals surface area contributed by atoms with Crippen molar-refractivity contribution in [1.29, 1.82) is 0 Å². The third-order valence-electron chi connectivity index (χ3n) is 9.50. The van der Waals surface area contributed by atoms with Crippen LogP contribution in [0.2, 0.25) is 0 Å². The minimum atomic E-state index is -3.24. The molecule has 2 unspecified atom stereocenters. The highest BCUT2D eigenvalue weighted by Gasteiger charge is 2.48. The number of amides is 2. The van der Waals surface area contributed by atoms with Crippen LogP contribution in [0.4, 0.5) is 0 Å². The van der Waals surface area contributed by atoms with E-state index in [-0.39, 0.29) is 48.0 Å². The van der Waals surface area contributed by atoms with Crippen molar-refractivity contribution >= 4 is 46.5 Å². The van der Waals surface area contributed by atoms with Gasteiger partial charge in [-0.05, 0) is 73.7 Å². The Labute approximate surface area is 272 Å². The number of hydrogen-bond donors (Lipinski definition) is 0. The molecule has 0 saturated carbocycles. The Kier molecular flexibility index (Phi) is 10.8. The van der Waals surface area contributed by atoms with Gasteiger partial charge in [0, 0.05) is 57.3 Å². The lowest BCUT2D eigenvalue weighted by Gasteiger charge is -2.39. The molecule has 0 aliphatic carbocycles. The molecule has 3 aromatic rings. The van der Waals surface area contributed by atoms with Crippen molar-refractivity contribution in [2.45, 2.75) is 36.6 Å². The van der Waals surface area contributed by atoms with Crippen molar-refractivity contribution in [3.8, 4) is 0 Å². The van der Waals surface area contributed by atoms with Crippen LogP contribution in [0.3, 0.4) is 0 Å². The molecule has 0 radical (unpaired) electrons. The topological polar surface area (TPSA) is 90.9 Å². The van der Waals surface area contributed by atoms with Gasteiger partial charge in [0.05, 0.1) is 15.9 Å².